The lowest BCUT2D eigenvalue weighted by Crippen LogP contribution is -2.26. The fourth-order valence-corrected chi connectivity index (χ4v) is 0.971. The van der Waals surface area contributed by atoms with E-state index in [2.05, 4.69) is 19.2 Å². The molecule has 0 bridgehead atoms. The Labute approximate surface area is 97.1 Å². The molecule has 0 heterocycles. The minimum absolute atomic E-state index is 0.182. The van der Waals surface area contributed by atoms with Gasteiger partial charge in [0.05, 0.1) is 6.61 Å². The van der Waals surface area contributed by atoms with Gasteiger partial charge in [0.25, 0.3) is 0 Å². The summed E-state index contributed by atoms with van der Waals surface area (Å²) in [5.74, 6) is -0.145. The van der Waals surface area contributed by atoms with E-state index in [4.69, 9.17) is 4.74 Å². The summed E-state index contributed by atoms with van der Waals surface area (Å²) in [7, 11) is 0. The highest BCUT2D eigenvalue weighted by atomic mass is 16.5. The molecule has 0 atom stereocenters. The van der Waals surface area contributed by atoms with Crippen LogP contribution >= 0.6 is 0 Å². The van der Waals surface area contributed by atoms with Gasteiger partial charge >= 0.3 is 5.97 Å². The third kappa shape index (κ3) is 4.47. The third-order valence-electron chi connectivity index (χ3n) is 2.71. The Morgan fingerprint density at radius 1 is 1.44 bits per heavy atom. The highest BCUT2D eigenvalue weighted by molar-refractivity contribution is 5.90. The number of carbonyl (C=O) groups is 2. The molecule has 0 aliphatic heterocycles. The van der Waals surface area contributed by atoms with E-state index >= 15 is 0 Å². The SMILES string of the molecule is CCOC(=O)/C(=C/C(C)(C)C(C)C)NC=O. The first kappa shape index (κ1) is 14.7. The number of allylic oxidation sites excluding steroid dienone is 1. The molecule has 0 aliphatic rings. The van der Waals surface area contributed by atoms with E-state index in [9.17, 15) is 9.59 Å². The van der Waals surface area contributed by atoms with Crippen LogP contribution in [-0.4, -0.2) is 19.0 Å². The van der Waals surface area contributed by atoms with Crippen LogP contribution in [0.5, 0.6) is 0 Å². The van der Waals surface area contributed by atoms with Gasteiger partial charge in [0.2, 0.25) is 6.41 Å². The van der Waals surface area contributed by atoms with Gasteiger partial charge in [-0.3, -0.25) is 4.79 Å². The van der Waals surface area contributed by atoms with E-state index in [1.54, 1.807) is 13.0 Å². The Kier molecular flexibility index (Phi) is 5.78. The largest absolute Gasteiger partial charge is 0.461 e. The van der Waals surface area contributed by atoms with Gasteiger partial charge in [-0.15, -0.1) is 0 Å². The number of ether oxygens (including phenoxy) is 1. The van der Waals surface area contributed by atoms with Gasteiger partial charge < -0.3 is 10.1 Å². The standard InChI is InChI=1S/C12H21NO3/c1-6-16-11(15)10(13-8-14)7-12(4,5)9(2)3/h7-9H,6H2,1-5H3,(H,13,14)/b10-7-. The second-order valence-electron chi connectivity index (χ2n) is 4.52. The lowest BCUT2D eigenvalue weighted by molar-refractivity contribution is -0.139. The Hall–Kier alpha value is -1.32. The minimum Gasteiger partial charge on any atom is -0.461 e. The summed E-state index contributed by atoms with van der Waals surface area (Å²) in [5, 5.41) is 2.38. The molecule has 0 spiro atoms. The van der Waals surface area contributed by atoms with Crippen molar-refractivity contribution in [2.75, 3.05) is 6.61 Å². The molecule has 4 nitrogen and oxygen atoms in total. The smallest absolute Gasteiger partial charge is 0.354 e. The molecule has 4 heteroatoms. The van der Waals surface area contributed by atoms with Crippen molar-refractivity contribution in [2.45, 2.75) is 34.6 Å². The second kappa shape index (κ2) is 6.30. The average Bonchev–Trinajstić information content (AvgIpc) is 2.17. The van der Waals surface area contributed by atoms with Crippen LogP contribution in [0.1, 0.15) is 34.6 Å². The Morgan fingerprint density at radius 2 is 2.00 bits per heavy atom. The van der Waals surface area contributed by atoms with Crippen LogP contribution in [0.2, 0.25) is 0 Å². The van der Waals surface area contributed by atoms with E-state index < -0.39 is 5.97 Å². The van der Waals surface area contributed by atoms with Crippen molar-refractivity contribution in [1.82, 2.24) is 5.32 Å². The summed E-state index contributed by atoms with van der Waals surface area (Å²) in [6.45, 7) is 10.1. The summed E-state index contributed by atoms with van der Waals surface area (Å²) in [6.07, 6.45) is 2.23. The molecule has 0 aromatic heterocycles. The monoisotopic (exact) mass is 227 g/mol. The molecule has 92 valence electrons. The van der Waals surface area contributed by atoms with Crippen LogP contribution in [0.3, 0.4) is 0 Å². The molecule has 1 N–H and O–H groups in total. The summed E-state index contributed by atoms with van der Waals surface area (Å²) in [5.41, 5.74) is 0.0218. The summed E-state index contributed by atoms with van der Waals surface area (Å²) < 4.78 is 4.85. The van der Waals surface area contributed by atoms with E-state index in [0.717, 1.165) is 0 Å². The van der Waals surface area contributed by atoms with Crippen LogP contribution in [0.15, 0.2) is 11.8 Å². The number of hydrogen-bond acceptors (Lipinski definition) is 3. The first-order valence-corrected chi connectivity index (χ1v) is 5.45. The fraction of sp³-hybridized carbons (Fsp3) is 0.667. The van der Waals surface area contributed by atoms with Crippen molar-refractivity contribution in [3.8, 4) is 0 Å². The van der Waals surface area contributed by atoms with Crippen molar-refractivity contribution in [3.05, 3.63) is 11.8 Å². The van der Waals surface area contributed by atoms with Crippen LogP contribution in [0.4, 0.5) is 0 Å². The molecule has 0 saturated carbocycles. The van der Waals surface area contributed by atoms with Gasteiger partial charge in [-0.05, 0) is 24.3 Å². The van der Waals surface area contributed by atoms with Gasteiger partial charge in [0, 0.05) is 0 Å². The predicted molar refractivity (Wildman–Crippen MR) is 62.5 cm³/mol. The molecule has 0 radical (unpaired) electrons. The highest BCUT2D eigenvalue weighted by Crippen LogP contribution is 2.28. The lowest BCUT2D eigenvalue weighted by Gasteiger charge is -2.26. The molecule has 1 amide bonds. The van der Waals surface area contributed by atoms with E-state index in [0.29, 0.717) is 18.9 Å². The number of hydrogen-bond donors (Lipinski definition) is 1. The first-order chi connectivity index (χ1) is 7.35. The molecule has 0 fully saturated rings. The molecule has 0 aromatic carbocycles. The molecular weight excluding hydrogens is 206 g/mol. The Bertz CT molecular complexity index is 280. The normalized spacial score (nSPS) is 12.5. The lowest BCUT2D eigenvalue weighted by atomic mass is 9.80. The highest BCUT2D eigenvalue weighted by Gasteiger charge is 2.23. The second-order valence-corrected chi connectivity index (χ2v) is 4.52. The Balaban J connectivity index is 4.96. The fourth-order valence-electron chi connectivity index (χ4n) is 0.971. The number of carbonyl (C=O) groups excluding carboxylic acids is 2. The van der Waals surface area contributed by atoms with E-state index in [1.807, 2.05) is 13.8 Å². The molecular formula is C12H21NO3. The Morgan fingerprint density at radius 3 is 2.38 bits per heavy atom. The zero-order valence-corrected chi connectivity index (χ0v) is 10.7. The quantitative estimate of drug-likeness (QED) is 0.428. The number of amides is 1. The van der Waals surface area contributed by atoms with E-state index in [-0.39, 0.29) is 11.1 Å². The molecule has 0 aromatic rings. The molecule has 0 rings (SSSR count). The van der Waals surface area contributed by atoms with Crippen molar-refractivity contribution >= 4 is 12.4 Å². The average molecular weight is 227 g/mol. The molecule has 0 saturated heterocycles. The molecule has 0 unspecified atom stereocenters. The van der Waals surface area contributed by atoms with Crippen LogP contribution in [0.25, 0.3) is 0 Å². The zero-order chi connectivity index (χ0) is 12.8. The van der Waals surface area contributed by atoms with E-state index in [1.165, 1.54) is 0 Å². The maximum Gasteiger partial charge on any atom is 0.354 e. The van der Waals surface area contributed by atoms with Crippen molar-refractivity contribution in [1.29, 1.82) is 0 Å². The van der Waals surface area contributed by atoms with Gasteiger partial charge in [-0.2, -0.15) is 0 Å². The van der Waals surface area contributed by atoms with Crippen molar-refractivity contribution < 1.29 is 14.3 Å². The molecule has 0 aliphatic carbocycles. The number of nitrogens with one attached hydrogen (secondary N) is 1. The molecule has 16 heavy (non-hydrogen) atoms. The number of rotatable bonds is 6. The van der Waals surface area contributed by atoms with Crippen LogP contribution < -0.4 is 5.32 Å². The van der Waals surface area contributed by atoms with Gasteiger partial charge in [-0.25, -0.2) is 4.79 Å². The number of esters is 1. The summed E-state index contributed by atoms with van der Waals surface area (Å²) >= 11 is 0. The minimum atomic E-state index is -0.497. The van der Waals surface area contributed by atoms with Crippen LogP contribution in [0, 0.1) is 11.3 Å². The summed E-state index contributed by atoms with van der Waals surface area (Å²) in [4.78, 5) is 21.9. The van der Waals surface area contributed by atoms with Crippen molar-refractivity contribution in [3.63, 3.8) is 0 Å². The van der Waals surface area contributed by atoms with Gasteiger partial charge in [-0.1, -0.05) is 27.7 Å². The van der Waals surface area contributed by atoms with Gasteiger partial charge in [0.1, 0.15) is 5.70 Å². The van der Waals surface area contributed by atoms with Gasteiger partial charge in [0.15, 0.2) is 0 Å². The first-order valence-electron chi connectivity index (χ1n) is 5.45. The van der Waals surface area contributed by atoms with Crippen LogP contribution in [-0.2, 0) is 14.3 Å². The summed E-state index contributed by atoms with van der Waals surface area (Å²) in [6, 6.07) is 0. The zero-order valence-electron chi connectivity index (χ0n) is 10.7. The third-order valence-corrected chi connectivity index (χ3v) is 2.71. The predicted octanol–water partition coefficient (Wildman–Crippen LogP) is 1.86. The maximum atomic E-state index is 11.5. The topological polar surface area (TPSA) is 55.4 Å². The maximum absolute atomic E-state index is 11.5. The van der Waals surface area contributed by atoms with Crippen molar-refractivity contribution in [2.24, 2.45) is 11.3 Å².